The summed E-state index contributed by atoms with van der Waals surface area (Å²) in [7, 11) is 0. The van der Waals surface area contributed by atoms with E-state index in [0.29, 0.717) is 5.82 Å². The lowest BCUT2D eigenvalue weighted by molar-refractivity contribution is 0.748. The zero-order valence-electron chi connectivity index (χ0n) is 30.4. The van der Waals surface area contributed by atoms with Gasteiger partial charge in [0.2, 0.25) is 0 Å². The summed E-state index contributed by atoms with van der Waals surface area (Å²) in [5, 5.41) is 2.55. The molecule has 260 valence electrons. The van der Waals surface area contributed by atoms with Crippen LogP contribution < -0.4 is 0 Å². The highest BCUT2D eigenvalue weighted by Gasteiger charge is 2.50. The van der Waals surface area contributed by atoms with Crippen molar-refractivity contribution in [1.29, 1.82) is 0 Å². The Balaban J connectivity index is 1.11. The van der Waals surface area contributed by atoms with Crippen molar-refractivity contribution in [2.45, 2.75) is 5.41 Å². The van der Waals surface area contributed by atoms with Gasteiger partial charge in [-0.3, -0.25) is 0 Å². The van der Waals surface area contributed by atoms with Crippen LogP contribution in [0.4, 0.5) is 0 Å². The Bertz CT molecular complexity index is 3180. The van der Waals surface area contributed by atoms with E-state index in [4.69, 9.17) is 9.97 Å². The van der Waals surface area contributed by atoms with Crippen molar-refractivity contribution in [2.24, 2.45) is 0 Å². The fourth-order valence-corrected chi connectivity index (χ4v) is 9.64. The molecule has 3 heterocycles. The van der Waals surface area contributed by atoms with Crippen LogP contribution >= 0.6 is 0 Å². The summed E-state index contributed by atoms with van der Waals surface area (Å²) in [4.78, 5) is 10.5. The molecule has 3 heteroatoms. The van der Waals surface area contributed by atoms with Crippen LogP contribution in [0.25, 0.3) is 83.6 Å². The molecule has 2 aromatic heterocycles. The van der Waals surface area contributed by atoms with Gasteiger partial charge in [0.1, 0.15) is 0 Å². The average Bonchev–Trinajstić information content (AvgIpc) is 3.77. The van der Waals surface area contributed by atoms with Gasteiger partial charge in [-0.2, -0.15) is 0 Å². The molecule has 1 aliphatic carbocycles. The van der Waals surface area contributed by atoms with Crippen LogP contribution in [0, 0.1) is 0 Å². The number of nitrogens with zero attached hydrogens (tertiary/aromatic N) is 3. The molecule has 12 rings (SSSR count). The molecule has 1 spiro atoms. The van der Waals surface area contributed by atoms with Gasteiger partial charge in [0.15, 0.2) is 5.82 Å². The molecule has 56 heavy (non-hydrogen) atoms. The maximum absolute atomic E-state index is 5.31. The second kappa shape index (κ2) is 11.8. The molecule has 0 fully saturated rings. The fraction of sp³-hybridized carbons (Fsp3) is 0.0189. The van der Waals surface area contributed by atoms with Crippen molar-refractivity contribution in [3.8, 4) is 61.8 Å². The molecule has 1 unspecified atom stereocenters. The molecule has 0 saturated heterocycles. The topological polar surface area (TPSA) is 30.7 Å². The summed E-state index contributed by atoms with van der Waals surface area (Å²) in [6, 6.07) is 72.5. The molecule has 0 amide bonds. The number of hydrogen-bond donors (Lipinski definition) is 0. The van der Waals surface area contributed by atoms with E-state index in [1.54, 1.807) is 0 Å². The monoisotopic (exact) mass is 711 g/mol. The van der Waals surface area contributed by atoms with Crippen LogP contribution in [0.3, 0.4) is 0 Å². The van der Waals surface area contributed by atoms with Crippen molar-refractivity contribution in [3.05, 3.63) is 222 Å². The molecule has 1 aliphatic heterocycles. The summed E-state index contributed by atoms with van der Waals surface area (Å²) < 4.78 is 2.50. The summed E-state index contributed by atoms with van der Waals surface area (Å²) >= 11 is 0. The van der Waals surface area contributed by atoms with E-state index < -0.39 is 5.41 Å². The number of aromatic nitrogens is 3. The van der Waals surface area contributed by atoms with Crippen LogP contribution in [0.1, 0.15) is 22.3 Å². The van der Waals surface area contributed by atoms with Gasteiger partial charge in [-0.1, -0.05) is 176 Å². The summed E-state index contributed by atoms with van der Waals surface area (Å²) in [5.41, 5.74) is 18.2. The van der Waals surface area contributed by atoms with Crippen LogP contribution in [-0.2, 0) is 5.41 Å². The third-order valence-electron chi connectivity index (χ3n) is 12.0. The quantitative estimate of drug-likeness (QED) is 0.182. The highest BCUT2D eigenvalue weighted by atomic mass is 15.0. The maximum Gasteiger partial charge on any atom is 0.160 e. The van der Waals surface area contributed by atoms with E-state index in [1.165, 1.54) is 72.0 Å². The summed E-state index contributed by atoms with van der Waals surface area (Å²) in [6.45, 7) is 0. The van der Waals surface area contributed by atoms with E-state index >= 15 is 0 Å². The first-order valence-electron chi connectivity index (χ1n) is 19.2. The molecule has 10 aromatic rings. The van der Waals surface area contributed by atoms with Crippen molar-refractivity contribution in [2.75, 3.05) is 0 Å². The van der Waals surface area contributed by atoms with Gasteiger partial charge in [0, 0.05) is 27.5 Å². The number of fused-ring (bicyclic) bond motifs is 12. The van der Waals surface area contributed by atoms with Gasteiger partial charge in [-0.25, -0.2) is 9.97 Å². The molecule has 3 nitrogen and oxygen atoms in total. The summed E-state index contributed by atoms with van der Waals surface area (Å²) in [5.74, 6) is 0.709. The normalized spacial score (nSPS) is 14.9. The lowest BCUT2D eigenvalue weighted by Crippen LogP contribution is -2.33. The molecule has 8 aromatic carbocycles. The first-order valence-corrected chi connectivity index (χ1v) is 19.2. The van der Waals surface area contributed by atoms with E-state index in [-0.39, 0.29) is 0 Å². The predicted octanol–water partition coefficient (Wildman–Crippen LogP) is 12.9. The van der Waals surface area contributed by atoms with Crippen molar-refractivity contribution < 1.29 is 0 Å². The van der Waals surface area contributed by atoms with E-state index in [2.05, 4.69) is 199 Å². The van der Waals surface area contributed by atoms with E-state index in [9.17, 15) is 0 Å². The lowest BCUT2D eigenvalue weighted by atomic mass is 9.65. The van der Waals surface area contributed by atoms with Gasteiger partial charge in [0.25, 0.3) is 0 Å². The Kier molecular flexibility index (Phi) is 6.55. The molecule has 0 N–H and O–H groups in total. The second-order valence-electron chi connectivity index (χ2n) is 14.9. The minimum Gasteiger partial charge on any atom is -0.309 e. The Morgan fingerprint density at radius 3 is 1.75 bits per heavy atom. The van der Waals surface area contributed by atoms with Crippen LogP contribution in [0.5, 0.6) is 0 Å². The minimum atomic E-state index is -0.534. The zero-order valence-corrected chi connectivity index (χ0v) is 30.4. The van der Waals surface area contributed by atoms with Gasteiger partial charge >= 0.3 is 0 Å². The van der Waals surface area contributed by atoms with Gasteiger partial charge in [-0.15, -0.1) is 0 Å². The SMILES string of the molecule is c1ccc(-c2ccc(-c3cc(-c4ccc5c(c4)C4(c6ccccc6-5)c5ccccc5-n5c6ccccc6c6cccc4c65)nc(-c4ccccc4)n3)cc2)cc1. The Hall–Kier alpha value is -7.36. The smallest absolute Gasteiger partial charge is 0.160 e. The molecule has 0 bridgehead atoms. The Morgan fingerprint density at radius 2 is 0.929 bits per heavy atom. The molecule has 0 saturated carbocycles. The number of hydrogen-bond acceptors (Lipinski definition) is 2. The first kappa shape index (κ1) is 31.0. The standard InChI is InChI=1S/C53H33N3/c1-3-14-34(15-4-1)35-26-28-36(29-27-35)47-33-48(55-52(54-47)37-16-5-2-6-17-37)38-30-31-40-39-18-7-9-21-43(39)53(46(40)32-38)44-22-10-12-25-50(44)56-49-24-11-8-19-41(49)42-20-13-23-45(53)51(42)56/h1-33H. The highest BCUT2D eigenvalue weighted by Crippen LogP contribution is 2.61. The molecular formula is C53H33N3. The molecule has 1 atom stereocenters. The van der Waals surface area contributed by atoms with E-state index in [1.807, 2.05) is 6.07 Å². The maximum atomic E-state index is 5.31. The average molecular weight is 712 g/mol. The molecule has 0 radical (unpaired) electrons. The van der Waals surface area contributed by atoms with Gasteiger partial charge < -0.3 is 4.57 Å². The Labute approximate surface area is 324 Å². The number of rotatable bonds is 4. The van der Waals surface area contributed by atoms with E-state index in [0.717, 1.165) is 28.1 Å². The van der Waals surface area contributed by atoms with Crippen molar-refractivity contribution in [3.63, 3.8) is 0 Å². The predicted molar refractivity (Wildman–Crippen MR) is 229 cm³/mol. The first-order chi connectivity index (χ1) is 27.8. The second-order valence-corrected chi connectivity index (χ2v) is 14.9. The molecule has 2 aliphatic rings. The molecular weight excluding hydrogens is 679 g/mol. The summed E-state index contributed by atoms with van der Waals surface area (Å²) in [6.07, 6.45) is 0. The number of para-hydroxylation sites is 3. The van der Waals surface area contributed by atoms with Crippen LogP contribution in [0.2, 0.25) is 0 Å². The van der Waals surface area contributed by atoms with Crippen molar-refractivity contribution >= 4 is 21.8 Å². The fourth-order valence-electron chi connectivity index (χ4n) is 9.64. The van der Waals surface area contributed by atoms with Crippen molar-refractivity contribution in [1.82, 2.24) is 14.5 Å². The Morgan fingerprint density at radius 1 is 0.357 bits per heavy atom. The third kappa shape index (κ3) is 4.28. The third-order valence-corrected chi connectivity index (χ3v) is 12.0. The minimum absolute atomic E-state index is 0.534. The van der Waals surface area contributed by atoms with Crippen LogP contribution in [-0.4, -0.2) is 14.5 Å². The zero-order chi connectivity index (χ0) is 36.8. The highest BCUT2D eigenvalue weighted by molar-refractivity contribution is 6.12. The van der Waals surface area contributed by atoms with Gasteiger partial charge in [0.05, 0.1) is 33.5 Å². The number of benzene rings is 8. The largest absolute Gasteiger partial charge is 0.309 e. The van der Waals surface area contributed by atoms with Gasteiger partial charge in [-0.05, 0) is 68.8 Å². The lowest BCUT2D eigenvalue weighted by Gasteiger charge is -2.39. The van der Waals surface area contributed by atoms with Crippen LogP contribution in [0.15, 0.2) is 200 Å².